The van der Waals surface area contributed by atoms with Crippen LogP contribution in [0.1, 0.15) is 33.6 Å². The predicted molar refractivity (Wildman–Crippen MR) is 118 cm³/mol. The first-order chi connectivity index (χ1) is 16.1. The minimum atomic E-state index is -4.66. The Bertz CT molecular complexity index is 1280. The predicted octanol–water partition coefficient (Wildman–Crippen LogP) is 2.54. The minimum Gasteiger partial charge on any atom is -0.385 e. The molecule has 0 aliphatic rings. The number of rotatable bonds is 8. The van der Waals surface area contributed by atoms with Gasteiger partial charge in [-0.3, -0.25) is 14.2 Å². The third kappa shape index (κ3) is 5.79. The van der Waals surface area contributed by atoms with Crippen molar-refractivity contribution in [2.24, 2.45) is 0 Å². The topological polar surface area (TPSA) is 95.2 Å². The molecule has 0 atom stereocenters. The van der Waals surface area contributed by atoms with E-state index in [1.807, 2.05) is 6.92 Å². The number of benzene rings is 2. The highest BCUT2D eigenvalue weighted by atomic mass is 19.4. The van der Waals surface area contributed by atoms with Crippen LogP contribution in [0, 0.1) is 6.92 Å². The lowest BCUT2D eigenvalue weighted by Gasteiger charge is -2.14. The summed E-state index contributed by atoms with van der Waals surface area (Å²) < 4.78 is 46.0. The van der Waals surface area contributed by atoms with Crippen LogP contribution in [0.5, 0.6) is 0 Å². The molecule has 0 spiro atoms. The van der Waals surface area contributed by atoms with Gasteiger partial charge in [0.2, 0.25) is 5.69 Å². The molecule has 1 N–H and O–H groups in total. The normalized spacial score (nSPS) is 11.4. The summed E-state index contributed by atoms with van der Waals surface area (Å²) in [5.41, 5.74) is -2.20. The third-order valence-electron chi connectivity index (χ3n) is 4.97. The maximum absolute atomic E-state index is 13.2. The van der Waals surface area contributed by atoms with E-state index in [0.29, 0.717) is 23.3 Å². The minimum absolute atomic E-state index is 0.175. The largest absolute Gasteiger partial charge is 0.416 e. The maximum atomic E-state index is 13.2. The van der Waals surface area contributed by atoms with Gasteiger partial charge in [0.1, 0.15) is 0 Å². The summed E-state index contributed by atoms with van der Waals surface area (Å²) in [6.45, 7) is 2.22. The number of aromatic nitrogens is 3. The average molecular weight is 476 g/mol. The first-order valence-corrected chi connectivity index (χ1v) is 10.4. The van der Waals surface area contributed by atoms with Gasteiger partial charge in [-0.1, -0.05) is 35.9 Å². The summed E-state index contributed by atoms with van der Waals surface area (Å²) in [7, 11) is 1.50. The zero-order valence-electron chi connectivity index (χ0n) is 18.6. The zero-order valence-corrected chi connectivity index (χ0v) is 18.6. The van der Waals surface area contributed by atoms with Gasteiger partial charge in [-0.25, -0.2) is 4.79 Å². The molecule has 0 bridgehead atoms. The Hall–Kier alpha value is -3.73. The highest BCUT2D eigenvalue weighted by molar-refractivity contribution is 5.91. The Balaban J connectivity index is 2.13. The molecule has 0 saturated heterocycles. The number of alkyl halides is 3. The molecule has 3 rings (SSSR count). The molecule has 3 aromatic rings. The van der Waals surface area contributed by atoms with Gasteiger partial charge in [-0.2, -0.15) is 23.0 Å². The smallest absolute Gasteiger partial charge is 0.385 e. The molecule has 1 heterocycles. The number of nitrogens with zero attached hydrogens (tertiary/aromatic N) is 3. The van der Waals surface area contributed by atoms with Crippen LogP contribution in [0.3, 0.4) is 0 Å². The van der Waals surface area contributed by atoms with Crippen LogP contribution in [-0.4, -0.2) is 40.5 Å². The van der Waals surface area contributed by atoms with E-state index in [1.54, 1.807) is 24.3 Å². The first kappa shape index (κ1) is 24.9. The lowest BCUT2D eigenvalue weighted by atomic mass is 10.1. The third-order valence-corrected chi connectivity index (χ3v) is 4.97. The lowest BCUT2D eigenvalue weighted by molar-refractivity contribution is -0.137. The summed E-state index contributed by atoms with van der Waals surface area (Å²) >= 11 is 0. The number of carbonyl (C=O) groups excluding carboxylic acids is 1. The number of aryl methyl sites for hydroxylation is 1. The van der Waals surface area contributed by atoms with Crippen LogP contribution in [0.15, 0.2) is 58.1 Å². The van der Waals surface area contributed by atoms with Gasteiger partial charge in [-0.15, -0.1) is 0 Å². The Morgan fingerprint density at radius 1 is 1.12 bits per heavy atom. The van der Waals surface area contributed by atoms with E-state index >= 15 is 0 Å². The fraction of sp³-hybridized carbons (Fsp3) is 0.304. The summed E-state index contributed by atoms with van der Waals surface area (Å²) in [4.78, 5) is 38.8. The Kier molecular flexibility index (Phi) is 7.67. The van der Waals surface area contributed by atoms with E-state index in [1.165, 1.54) is 13.2 Å². The van der Waals surface area contributed by atoms with Crippen molar-refractivity contribution in [3.05, 3.63) is 91.8 Å². The number of hydrogen-bond donors (Lipinski definition) is 1. The highest BCUT2D eigenvalue weighted by Gasteiger charge is 2.31. The number of carbonyl (C=O) groups is 1. The van der Waals surface area contributed by atoms with Gasteiger partial charge in [0, 0.05) is 20.3 Å². The van der Waals surface area contributed by atoms with Crippen LogP contribution in [0.4, 0.5) is 13.2 Å². The molecule has 0 fully saturated rings. The summed E-state index contributed by atoms with van der Waals surface area (Å²) in [6.07, 6.45) is -4.19. The Morgan fingerprint density at radius 3 is 2.47 bits per heavy atom. The molecule has 2 aromatic carbocycles. The quantitative estimate of drug-likeness (QED) is 0.505. The molecule has 34 heavy (non-hydrogen) atoms. The highest BCUT2D eigenvalue weighted by Crippen LogP contribution is 2.29. The number of amides is 1. The molecule has 180 valence electrons. The molecule has 8 nitrogen and oxygen atoms in total. The second-order valence-electron chi connectivity index (χ2n) is 7.57. The summed E-state index contributed by atoms with van der Waals surface area (Å²) in [6, 6.07) is 10.9. The molecule has 1 amide bonds. The Morgan fingerprint density at radius 2 is 1.82 bits per heavy atom. The van der Waals surface area contributed by atoms with Gasteiger partial charge < -0.3 is 10.1 Å². The molecule has 1 aromatic heterocycles. The lowest BCUT2D eigenvalue weighted by Crippen LogP contribution is -2.46. The van der Waals surface area contributed by atoms with E-state index < -0.39 is 34.6 Å². The number of halogens is 3. The second kappa shape index (κ2) is 10.5. The maximum Gasteiger partial charge on any atom is 0.416 e. The second-order valence-corrected chi connectivity index (χ2v) is 7.57. The number of nitrogens with one attached hydrogen (secondary N) is 1. The molecule has 0 saturated carbocycles. The van der Waals surface area contributed by atoms with Gasteiger partial charge >= 0.3 is 11.9 Å². The van der Waals surface area contributed by atoms with Crippen molar-refractivity contribution < 1.29 is 22.7 Å². The fourth-order valence-electron chi connectivity index (χ4n) is 3.16. The molecular weight excluding hydrogens is 453 g/mol. The Labute approximate surface area is 192 Å². The van der Waals surface area contributed by atoms with Crippen molar-refractivity contribution in [2.75, 3.05) is 20.3 Å². The van der Waals surface area contributed by atoms with Crippen molar-refractivity contribution in [1.29, 1.82) is 0 Å². The molecule has 11 heteroatoms. The SMILES string of the molecule is COCCCNC(=O)c1nn(-c2cccc(C(F)(F)F)c2)c(=O)n(Cc2ccc(C)cc2)c1=O. The van der Waals surface area contributed by atoms with E-state index in [4.69, 9.17) is 4.74 Å². The van der Waals surface area contributed by atoms with Gasteiger partial charge in [0.05, 0.1) is 17.8 Å². The van der Waals surface area contributed by atoms with Crippen molar-refractivity contribution in [2.45, 2.75) is 26.1 Å². The van der Waals surface area contributed by atoms with E-state index in [0.717, 1.165) is 28.3 Å². The van der Waals surface area contributed by atoms with Crippen LogP contribution in [0.2, 0.25) is 0 Å². The number of ether oxygens (including phenoxy) is 1. The molecule has 0 aliphatic carbocycles. The fourth-order valence-corrected chi connectivity index (χ4v) is 3.16. The van der Waals surface area contributed by atoms with Crippen molar-refractivity contribution in [1.82, 2.24) is 19.7 Å². The van der Waals surface area contributed by atoms with Gasteiger partial charge in [-0.05, 0) is 37.1 Å². The molecular formula is C23H23F3N4O4. The molecule has 0 unspecified atom stereocenters. The van der Waals surface area contributed by atoms with E-state index in [9.17, 15) is 27.6 Å². The van der Waals surface area contributed by atoms with Crippen molar-refractivity contribution in [3.8, 4) is 5.69 Å². The van der Waals surface area contributed by atoms with Gasteiger partial charge in [0.25, 0.3) is 11.5 Å². The van der Waals surface area contributed by atoms with E-state index in [2.05, 4.69) is 10.4 Å². The zero-order chi connectivity index (χ0) is 24.9. The summed E-state index contributed by atoms with van der Waals surface area (Å²) in [5, 5.41) is 6.36. The first-order valence-electron chi connectivity index (χ1n) is 10.4. The van der Waals surface area contributed by atoms with Crippen molar-refractivity contribution >= 4 is 5.91 Å². The van der Waals surface area contributed by atoms with Crippen LogP contribution < -0.4 is 16.6 Å². The average Bonchev–Trinajstić information content (AvgIpc) is 2.80. The number of methoxy groups -OCH3 is 1. The molecule has 0 radical (unpaired) electrons. The standard InChI is InChI=1S/C23H23F3N4O4/c1-15-7-9-16(10-8-15)14-29-21(32)19(20(31)27-11-4-12-34-2)28-30(22(29)33)18-6-3-5-17(13-18)23(24,25)26/h3,5-10,13H,4,11-12,14H2,1-2H3,(H,27,31). The summed E-state index contributed by atoms with van der Waals surface area (Å²) in [5.74, 6) is -0.848. The van der Waals surface area contributed by atoms with Crippen LogP contribution in [0.25, 0.3) is 5.69 Å². The van der Waals surface area contributed by atoms with E-state index in [-0.39, 0.29) is 18.8 Å². The van der Waals surface area contributed by atoms with Crippen LogP contribution in [-0.2, 0) is 17.5 Å². The molecule has 0 aliphatic heterocycles. The number of hydrogen-bond acceptors (Lipinski definition) is 5. The monoisotopic (exact) mass is 476 g/mol. The van der Waals surface area contributed by atoms with Gasteiger partial charge in [0.15, 0.2) is 0 Å². The van der Waals surface area contributed by atoms with Crippen LogP contribution >= 0.6 is 0 Å². The van der Waals surface area contributed by atoms with Crippen molar-refractivity contribution in [3.63, 3.8) is 0 Å².